The van der Waals surface area contributed by atoms with Crippen molar-refractivity contribution in [3.8, 4) is 90.7 Å². The van der Waals surface area contributed by atoms with Crippen molar-refractivity contribution < 1.29 is 13.3 Å². The van der Waals surface area contributed by atoms with Gasteiger partial charge in [0.1, 0.15) is 0 Å². The number of hydrogen-bond acceptors (Lipinski definition) is 9. The van der Waals surface area contributed by atoms with Crippen LogP contribution in [0.15, 0.2) is 177 Å². The van der Waals surface area contributed by atoms with Gasteiger partial charge >= 0.3 is 0 Å². The van der Waals surface area contributed by atoms with Crippen molar-refractivity contribution in [3.63, 3.8) is 0 Å². The molecule has 10 rings (SSSR count). The van der Waals surface area contributed by atoms with Gasteiger partial charge in [-0.1, -0.05) is 95.6 Å². The molecule has 9 aromatic rings. The van der Waals surface area contributed by atoms with E-state index >= 15 is 0 Å². The van der Waals surface area contributed by atoms with Gasteiger partial charge in [0.2, 0.25) is 35.3 Å². The molecule has 290 valence electrons. The molecule has 0 aliphatic heterocycles. The van der Waals surface area contributed by atoms with E-state index in [0.29, 0.717) is 35.3 Å². The first-order valence-corrected chi connectivity index (χ1v) is 19.9. The minimum Gasteiger partial charge on any atom is -0.420 e. The summed E-state index contributed by atoms with van der Waals surface area (Å²) in [7, 11) is 0. The van der Waals surface area contributed by atoms with Gasteiger partial charge in [0, 0.05) is 27.8 Å². The third-order valence-corrected chi connectivity index (χ3v) is 10.8. The van der Waals surface area contributed by atoms with Gasteiger partial charge in [-0.15, -0.1) is 30.6 Å². The molecule has 1 unspecified atom stereocenters. The number of nitrogens with zero attached hydrogens (tertiary/aromatic N) is 6. The van der Waals surface area contributed by atoms with E-state index < -0.39 is 0 Å². The summed E-state index contributed by atoms with van der Waals surface area (Å²) in [6, 6.07) is 47.5. The van der Waals surface area contributed by atoms with Crippen LogP contribution in [0.25, 0.3) is 90.7 Å². The summed E-state index contributed by atoms with van der Waals surface area (Å²) in [6.45, 7) is 6.20. The van der Waals surface area contributed by atoms with E-state index in [0.717, 1.165) is 67.6 Å². The van der Waals surface area contributed by atoms with Crippen molar-refractivity contribution in [2.75, 3.05) is 0 Å². The van der Waals surface area contributed by atoms with Crippen LogP contribution in [0.1, 0.15) is 36.3 Å². The van der Waals surface area contributed by atoms with E-state index in [2.05, 4.69) is 124 Å². The van der Waals surface area contributed by atoms with E-state index in [-0.39, 0.29) is 5.92 Å². The lowest BCUT2D eigenvalue weighted by Crippen LogP contribution is -1.97. The largest absolute Gasteiger partial charge is 0.420 e. The summed E-state index contributed by atoms with van der Waals surface area (Å²) < 4.78 is 18.3. The highest BCUT2D eigenvalue weighted by Crippen LogP contribution is 2.36. The monoisotopic (exact) mass is 782 g/mol. The summed E-state index contributed by atoms with van der Waals surface area (Å²) in [5.41, 5.74) is 14.2. The zero-order chi connectivity index (χ0) is 40.6. The van der Waals surface area contributed by atoms with Crippen LogP contribution < -0.4 is 0 Å². The van der Waals surface area contributed by atoms with Gasteiger partial charge in [-0.2, -0.15) is 0 Å². The highest BCUT2D eigenvalue weighted by Gasteiger charge is 2.19. The van der Waals surface area contributed by atoms with Crippen molar-refractivity contribution >= 4 is 0 Å². The van der Waals surface area contributed by atoms with Crippen LogP contribution in [0.4, 0.5) is 0 Å². The third-order valence-electron chi connectivity index (χ3n) is 10.8. The number of allylic oxidation sites excluding steroid dienone is 4. The molecule has 9 heteroatoms. The van der Waals surface area contributed by atoms with E-state index in [9.17, 15) is 0 Å². The smallest absolute Gasteiger partial charge is 0.248 e. The Morgan fingerprint density at radius 3 is 1.03 bits per heavy atom. The van der Waals surface area contributed by atoms with Crippen molar-refractivity contribution in [2.45, 2.75) is 33.1 Å². The maximum absolute atomic E-state index is 6.15. The summed E-state index contributed by atoms with van der Waals surface area (Å²) in [4.78, 5) is 0. The van der Waals surface area contributed by atoms with E-state index in [1.165, 1.54) is 16.7 Å². The molecular formula is C51H38N6O3. The topological polar surface area (TPSA) is 117 Å². The average molecular weight is 783 g/mol. The van der Waals surface area contributed by atoms with Crippen molar-refractivity contribution in [2.24, 2.45) is 0 Å². The lowest BCUT2D eigenvalue weighted by molar-refractivity contribution is 0.484. The molecule has 0 amide bonds. The Kier molecular flexibility index (Phi) is 9.46. The van der Waals surface area contributed by atoms with Gasteiger partial charge in [0.25, 0.3) is 0 Å². The lowest BCUT2D eigenvalue weighted by atomic mass is 9.92. The Bertz CT molecular complexity index is 2860. The molecule has 1 aliphatic rings. The SMILES string of the molecule is CC1=CCC(c2nnc(-c3ccc(-c4cc(-c5ccc(-c6nnc(-c7ccc(C)cc7)o6)cc5)cc(-c5ccc(-c6nnc(-c7ccc(C)cc7)o6)cc5)c4)cc3)o2)C=C1. The highest BCUT2D eigenvalue weighted by atomic mass is 16.4. The highest BCUT2D eigenvalue weighted by molar-refractivity contribution is 5.82. The van der Waals surface area contributed by atoms with Crippen molar-refractivity contribution in [1.82, 2.24) is 30.6 Å². The van der Waals surface area contributed by atoms with Crippen LogP contribution >= 0.6 is 0 Å². The van der Waals surface area contributed by atoms with Crippen LogP contribution in [0.5, 0.6) is 0 Å². The van der Waals surface area contributed by atoms with Gasteiger partial charge in [0.15, 0.2) is 0 Å². The predicted octanol–water partition coefficient (Wildman–Crippen LogP) is 12.8. The van der Waals surface area contributed by atoms with Crippen LogP contribution in [0, 0.1) is 13.8 Å². The van der Waals surface area contributed by atoms with Gasteiger partial charge in [-0.05, 0) is 139 Å². The first-order chi connectivity index (χ1) is 29.4. The molecular weight excluding hydrogens is 745 g/mol. The van der Waals surface area contributed by atoms with Crippen LogP contribution in [0.3, 0.4) is 0 Å². The molecule has 0 bridgehead atoms. The fraction of sp³-hybridized carbons (Fsp3) is 0.0980. The van der Waals surface area contributed by atoms with E-state index in [4.69, 9.17) is 13.3 Å². The van der Waals surface area contributed by atoms with Crippen LogP contribution in [-0.2, 0) is 0 Å². The predicted molar refractivity (Wildman–Crippen MR) is 233 cm³/mol. The molecule has 0 saturated heterocycles. The summed E-state index contributed by atoms with van der Waals surface area (Å²) in [6.07, 6.45) is 7.28. The number of benzene rings is 6. The molecule has 0 saturated carbocycles. The van der Waals surface area contributed by atoms with Gasteiger partial charge < -0.3 is 13.3 Å². The fourth-order valence-electron chi connectivity index (χ4n) is 7.26. The second-order valence-electron chi connectivity index (χ2n) is 15.2. The molecule has 0 spiro atoms. The Morgan fingerprint density at radius 2 is 0.683 bits per heavy atom. The Labute approximate surface area is 346 Å². The quantitative estimate of drug-likeness (QED) is 0.141. The Balaban J connectivity index is 0.961. The van der Waals surface area contributed by atoms with E-state index in [1.807, 2.05) is 84.9 Å². The molecule has 0 N–H and O–H groups in total. The Morgan fingerprint density at radius 1 is 0.367 bits per heavy atom. The molecule has 9 nitrogen and oxygen atoms in total. The molecule has 3 heterocycles. The molecule has 3 aromatic heterocycles. The van der Waals surface area contributed by atoms with E-state index in [1.54, 1.807) is 0 Å². The number of aryl methyl sites for hydroxylation is 2. The second kappa shape index (κ2) is 15.5. The van der Waals surface area contributed by atoms with Gasteiger partial charge in [0.05, 0.1) is 5.92 Å². The third kappa shape index (κ3) is 7.52. The zero-order valence-electron chi connectivity index (χ0n) is 33.2. The standard InChI is InChI=1S/C51H38N6O3/c1-31-4-10-37(11-5-31)46-52-55-49(58-46)40-22-16-34(17-23-40)43-28-44(35-18-24-41(25-19-35)50-56-53-47(59-50)38-12-6-32(2)7-13-38)30-45(29-43)36-20-26-42(27-21-36)51-57-54-48(60-51)39-14-8-33(3)9-15-39/h4-14,16-30,39H,15H2,1-3H3. The molecule has 6 aromatic carbocycles. The first kappa shape index (κ1) is 36.6. The number of aromatic nitrogens is 6. The van der Waals surface area contributed by atoms with Crippen molar-refractivity contribution in [1.29, 1.82) is 0 Å². The molecule has 1 atom stereocenters. The zero-order valence-corrected chi connectivity index (χ0v) is 33.2. The molecule has 0 radical (unpaired) electrons. The first-order valence-electron chi connectivity index (χ1n) is 19.9. The number of hydrogen-bond donors (Lipinski definition) is 0. The van der Waals surface area contributed by atoms with Gasteiger partial charge in [-0.3, -0.25) is 0 Å². The minimum atomic E-state index is 0.0878. The van der Waals surface area contributed by atoms with Crippen LogP contribution in [-0.4, -0.2) is 30.6 Å². The van der Waals surface area contributed by atoms with Gasteiger partial charge in [-0.25, -0.2) is 0 Å². The number of rotatable bonds is 9. The summed E-state index contributed by atoms with van der Waals surface area (Å²) in [5.74, 6) is 3.13. The molecule has 0 fully saturated rings. The molecule has 1 aliphatic carbocycles. The van der Waals surface area contributed by atoms with Crippen molar-refractivity contribution in [3.05, 3.63) is 180 Å². The summed E-state index contributed by atoms with van der Waals surface area (Å²) in [5, 5.41) is 26.1. The Hall–Kier alpha value is -7.78. The van der Waals surface area contributed by atoms with Crippen LogP contribution in [0.2, 0.25) is 0 Å². The minimum absolute atomic E-state index is 0.0878. The maximum atomic E-state index is 6.15. The molecule has 60 heavy (non-hydrogen) atoms. The maximum Gasteiger partial charge on any atom is 0.248 e. The summed E-state index contributed by atoms with van der Waals surface area (Å²) >= 11 is 0. The normalized spacial score (nSPS) is 13.7. The lowest BCUT2D eigenvalue weighted by Gasteiger charge is -2.12. The second-order valence-corrected chi connectivity index (χ2v) is 15.2. The average Bonchev–Trinajstić information content (AvgIpc) is 4.10. The fourth-order valence-corrected chi connectivity index (χ4v) is 7.26.